The van der Waals surface area contributed by atoms with Crippen LogP contribution in [-0.4, -0.2) is 52.0 Å². The molecule has 0 atom stereocenters. The van der Waals surface area contributed by atoms with Crippen LogP contribution in [0.4, 0.5) is 17.5 Å². The van der Waals surface area contributed by atoms with E-state index >= 15 is 0 Å². The summed E-state index contributed by atoms with van der Waals surface area (Å²) in [5.41, 5.74) is 5.84. The van der Waals surface area contributed by atoms with Crippen LogP contribution in [0.2, 0.25) is 0 Å². The number of carboxylic acid groups (broad SMARTS) is 1. The van der Waals surface area contributed by atoms with Crippen LogP contribution in [0.15, 0.2) is 48.5 Å². The van der Waals surface area contributed by atoms with Gasteiger partial charge in [0.1, 0.15) is 5.82 Å². The molecule has 0 spiro atoms. The Bertz CT molecular complexity index is 1190. The first-order valence-corrected chi connectivity index (χ1v) is 11.1. The van der Waals surface area contributed by atoms with E-state index in [0.717, 1.165) is 35.6 Å². The average Bonchev–Trinajstić information content (AvgIpc) is 2.84. The number of hydrogen-bond acceptors (Lipinski definition) is 8. The number of nitro groups is 1. The Morgan fingerprint density at radius 3 is 2.37 bits per heavy atom. The molecule has 0 radical (unpaired) electrons. The molecule has 0 bridgehead atoms. The van der Waals surface area contributed by atoms with Crippen molar-refractivity contribution in [2.75, 3.05) is 24.3 Å². The minimum absolute atomic E-state index is 0.133. The number of carbonyl (C=O) groups is 2. The van der Waals surface area contributed by atoms with E-state index in [0.29, 0.717) is 18.8 Å². The molecule has 1 aliphatic carbocycles. The molecule has 1 aromatic heterocycles. The molecule has 11 heteroatoms. The Morgan fingerprint density at radius 2 is 1.77 bits per heavy atom. The summed E-state index contributed by atoms with van der Waals surface area (Å²) < 4.78 is 0. The number of nitrogens with one attached hydrogen (secondary N) is 1. The quantitative estimate of drug-likeness (QED) is 0.354. The van der Waals surface area contributed by atoms with E-state index < -0.39 is 16.8 Å². The van der Waals surface area contributed by atoms with E-state index in [1.54, 1.807) is 0 Å². The van der Waals surface area contributed by atoms with Crippen LogP contribution in [0.1, 0.15) is 36.0 Å². The van der Waals surface area contributed by atoms with E-state index in [1.165, 1.54) is 18.2 Å². The van der Waals surface area contributed by atoms with Crippen LogP contribution in [0.3, 0.4) is 0 Å². The highest BCUT2D eigenvalue weighted by Crippen LogP contribution is 2.28. The number of nitrogens with two attached hydrogens (primary N) is 1. The van der Waals surface area contributed by atoms with E-state index in [1.807, 2.05) is 43.3 Å². The summed E-state index contributed by atoms with van der Waals surface area (Å²) in [7, 11) is 3.94. The minimum Gasteiger partial charge on any atom is -0.481 e. The molecule has 3 aromatic rings. The van der Waals surface area contributed by atoms with Crippen LogP contribution < -0.4 is 16.0 Å². The molecule has 0 aliphatic heterocycles. The number of fused-ring (bicyclic) bond motifs is 1. The van der Waals surface area contributed by atoms with Crippen LogP contribution >= 0.6 is 0 Å². The number of benzene rings is 2. The molecule has 4 N–H and O–H groups in total. The third-order valence-corrected chi connectivity index (χ3v) is 5.76. The Hall–Kier alpha value is -4.28. The van der Waals surface area contributed by atoms with E-state index in [2.05, 4.69) is 15.3 Å². The first-order valence-electron chi connectivity index (χ1n) is 11.1. The number of carboxylic acids is 1. The zero-order valence-electron chi connectivity index (χ0n) is 19.5. The van der Waals surface area contributed by atoms with Crippen molar-refractivity contribution in [3.63, 3.8) is 0 Å². The number of hydrogen-bond donors (Lipinski definition) is 3. The fourth-order valence-electron chi connectivity index (χ4n) is 3.91. The third kappa shape index (κ3) is 6.62. The fourth-order valence-corrected chi connectivity index (χ4v) is 3.91. The maximum atomic E-state index is 11.0. The predicted octanol–water partition coefficient (Wildman–Crippen LogP) is 3.44. The summed E-state index contributed by atoms with van der Waals surface area (Å²) in [5.74, 6) is -0.0506. The lowest BCUT2D eigenvalue weighted by molar-refractivity contribution is -0.384. The van der Waals surface area contributed by atoms with Crippen molar-refractivity contribution in [2.45, 2.75) is 31.7 Å². The third-order valence-electron chi connectivity index (χ3n) is 5.76. The number of nitro benzene ring substituents is 1. The largest absolute Gasteiger partial charge is 0.481 e. The number of carbonyl (C=O) groups excluding carboxylic acids is 1. The second-order valence-electron chi connectivity index (χ2n) is 8.49. The average molecular weight is 481 g/mol. The van der Waals surface area contributed by atoms with Gasteiger partial charge in [-0.2, -0.15) is 4.98 Å². The lowest BCUT2D eigenvalue weighted by atomic mass is 9.86. The van der Waals surface area contributed by atoms with Gasteiger partial charge in [-0.1, -0.05) is 18.2 Å². The van der Waals surface area contributed by atoms with E-state index in [-0.39, 0.29) is 23.2 Å². The first kappa shape index (κ1) is 25.3. The molecule has 35 heavy (non-hydrogen) atoms. The number of para-hydroxylation sites is 1. The molecule has 1 aliphatic rings. The monoisotopic (exact) mass is 480 g/mol. The second-order valence-corrected chi connectivity index (χ2v) is 8.49. The van der Waals surface area contributed by atoms with Gasteiger partial charge in [-0.25, -0.2) is 4.98 Å². The van der Waals surface area contributed by atoms with Crippen LogP contribution in [0.5, 0.6) is 0 Å². The minimum atomic E-state index is -0.680. The molecule has 1 heterocycles. The van der Waals surface area contributed by atoms with Crippen molar-refractivity contribution < 1.29 is 19.6 Å². The molecule has 1 saturated carbocycles. The van der Waals surface area contributed by atoms with Crippen LogP contribution in [-0.2, 0) is 4.79 Å². The number of primary amides is 1. The van der Waals surface area contributed by atoms with Gasteiger partial charge in [-0.3, -0.25) is 19.7 Å². The van der Waals surface area contributed by atoms with Gasteiger partial charge in [0, 0.05) is 43.2 Å². The standard InChI is InChI=1S/C17H22N4O2.C7H6N2O3/c1-21(2)15-13-5-3-4-6-14(13)19-17(20-15)18-12-9-7-11(8-10-12)16(22)23;8-7(10)5-2-1-3-6(4-5)9(11)12/h3-6,11-12H,7-10H2,1-2H3,(H,22,23)(H,18,19,20);1-4H,(H2,8,10). The van der Waals surface area contributed by atoms with Gasteiger partial charge in [-0.15, -0.1) is 0 Å². The predicted molar refractivity (Wildman–Crippen MR) is 132 cm³/mol. The zero-order valence-corrected chi connectivity index (χ0v) is 19.5. The zero-order chi connectivity index (χ0) is 25.5. The van der Waals surface area contributed by atoms with Crippen molar-refractivity contribution in [3.05, 3.63) is 64.2 Å². The molecule has 1 amide bonds. The number of amides is 1. The Balaban J connectivity index is 0.000000241. The normalized spacial score (nSPS) is 17.1. The van der Waals surface area contributed by atoms with Crippen LogP contribution in [0, 0.1) is 16.0 Å². The van der Waals surface area contributed by atoms with E-state index in [4.69, 9.17) is 10.8 Å². The highest BCUT2D eigenvalue weighted by atomic mass is 16.6. The van der Waals surface area contributed by atoms with Crippen molar-refractivity contribution in [1.82, 2.24) is 9.97 Å². The lowest BCUT2D eigenvalue weighted by Gasteiger charge is -2.27. The molecule has 0 saturated heterocycles. The number of rotatable bonds is 6. The van der Waals surface area contributed by atoms with Gasteiger partial charge in [0.25, 0.3) is 5.69 Å². The second kappa shape index (κ2) is 11.2. The highest BCUT2D eigenvalue weighted by Gasteiger charge is 2.26. The molecule has 184 valence electrons. The van der Waals surface area contributed by atoms with Gasteiger partial charge in [0.15, 0.2) is 0 Å². The SMILES string of the molecule is CN(C)c1nc(NC2CCC(C(=O)O)CC2)nc2ccccc12.NC(=O)c1cccc([N+](=O)[O-])c1. The van der Waals surface area contributed by atoms with Gasteiger partial charge in [-0.05, 0) is 43.9 Å². The summed E-state index contributed by atoms with van der Waals surface area (Å²) in [6, 6.07) is 13.5. The maximum Gasteiger partial charge on any atom is 0.306 e. The van der Waals surface area contributed by atoms with Crippen LogP contribution in [0.25, 0.3) is 10.9 Å². The van der Waals surface area contributed by atoms with E-state index in [9.17, 15) is 19.7 Å². The molecule has 4 rings (SSSR count). The molecule has 11 nitrogen and oxygen atoms in total. The lowest BCUT2D eigenvalue weighted by Crippen LogP contribution is -2.30. The number of nitrogens with zero attached hydrogens (tertiary/aromatic N) is 4. The number of anilines is 2. The van der Waals surface area contributed by atoms with Gasteiger partial charge in [0.2, 0.25) is 11.9 Å². The summed E-state index contributed by atoms with van der Waals surface area (Å²) in [6.07, 6.45) is 3.09. The van der Waals surface area contributed by atoms with Gasteiger partial charge < -0.3 is 21.1 Å². The molecular formula is C24H28N6O5. The molecule has 1 fully saturated rings. The van der Waals surface area contributed by atoms with Crippen molar-refractivity contribution >= 4 is 40.2 Å². The highest BCUT2D eigenvalue weighted by molar-refractivity contribution is 5.93. The van der Waals surface area contributed by atoms with Crippen molar-refractivity contribution in [1.29, 1.82) is 0 Å². The number of non-ortho nitro benzene ring substituents is 1. The maximum absolute atomic E-state index is 11.0. The number of aromatic nitrogens is 2. The Morgan fingerprint density at radius 1 is 1.09 bits per heavy atom. The van der Waals surface area contributed by atoms with Gasteiger partial charge >= 0.3 is 5.97 Å². The summed E-state index contributed by atoms with van der Waals surface area (Å²) in [4.78, 5) is 42.5. The first-order chi connectivity index (χ1) is 16.7. The molecular weight excluding hydrogens is 452 g/mol. The smallest absolute Gasteiger partial charge is 0.306 e. The summed E-state index contributed by atoms with van der Waals surface area (Å²) >= 11 is 0. The Labute approximate surface area is 202 Å². The summed E-state index contributed by atoms with van der Waals surface area (Å²) in [5, 5.41) is 23.7. The molecule has 2 aromatic carbocycles. The summed E-state index contributed by atoms with van der Waals surface area (Å²) in [6.45, 7) is 0. The van der Waals surface area contributed by atoms with Crippen molar-refractivity contribution in [2.24, 2.45) is 11.7 Å². The fraction of sp³-hybridized carbons (Fsp3) is 0.333. The topological polar surface area (TPSA) is 165 Å². The number of aliphatic carboxylic acids is 1. The van der Waals surface area contributed by atoms with Gasteiger partial charge in [0.05, 0.1) is 16.4 Å². The molecule has 0 unspecified atom stereocenters. The Kier molecular flexibility index (Phi) is 8.13. The van der Waals surface area contributed by atoms with Crippen molar-refractivity contribution in [3.8, 4) is 0 Å².